The molecule has 0 aromatic heterocycles. The van der Waals surface area contributed by atoms with E-state index in [9.17, 15) is 44.6 Å². The van der Waals surface area contributed by atoms with E-state index < -0.39 is 75.7 Å². The zero-order chi connectivity index (χ0) is 37.2. The van der Waals surface area contributed by atoms with Crippen molar-refractivity contribution in [3.63, 3.8) is 0 Å². The van der Waals surface area contributed by atoms with Crippen molar-refractivity contribution in [2.24, 2.45) is 0 Å². The minimum Gasteiger partial charge on any atom is -0.462 e. The Morgan fingerprint density at radius 3 is 1.60 bits per heavy atom. The number of carbonyl (C=O) groups excluding carboxylic acids is 2. The molecule has 0 bridgehead atoms. The molecule has 1 fully saturated rings. The van der Waals surface area contributed by atoms with Crippen LogP contribution in [-0.4, -0.2) is 98.3 Å². The molecule has 0 aromatic carbocycles. The van der Waals surface area contributed by atoms with Gasteiger partial charge in [-0.25, -0.2) is 4.57 Å². The van der Waals surface area contributed by atoms with Crippen LogP contribution in [0.1, 0.15) is 149 Å². The Hall–Kier alpha value is -1.41. The zero-order valence-corrected chi connectivity index (χ0v) is 31.3. The quantitative estimate of drug-likeness (QED) is 0.0231. The molecule has 0 amide bonds. The maximum absolute atomic E-state index is 12.7. The second kappa shape index (κ2) is 28.1. The molecular weight excluding hydrogens is 671 g/mol. The summed E-state index contributed by atoms with van der Waals surface area (Å²) in [6.07, 6.45) is 11.6. The first-order valence-electron chi connectivity index (χ1n) is 19.0. The van der Waals surface area contributed by atoms with Crippen molar-refractivity contribution >= 4 is 19.8 Å². The summed E-state index contributed by atoms with van der Waals surface area (Å²) in [6.45, 7) is 3.17. The van der Waals surface area contributed by atoms with Crippen molar-refractivity contribution in [3.05, 3.63) is 12.2 Å². The molecule has 13 nitrogen and oxygen atoms in total. The Labute approximate surface area is 299 Å². The monoisotopic (exact) mass is 738 g/mol. The van der Waals surface area contributed by atoms with Crippen LogP contribution in [0.15, 0.2) is 12.2 Å². The van der Waals surface area contributed by atoms with Gasteiger partial charge in [-0.3, -0.25) is 18.6 Å². The van der Waals surface area contributed by atoms with E-state index >= 15 is 0 Å². The van der Waals surface area contributed by atoms with Gasteiger partial charge < -0.3 is 39.9 Å². The average Bonchev–Trinajstić information content (AvgIpc) is 3.09. The van der Waals surface area contributed by atoms with E-state index in [2.05, 4.69) is 26.0 Å². The van der Waals surface area contributed by atoms with Crippen molar-refractivity contribution in [1.82, 2.24) is 0 Å². The number of allylic oxidation sites excluding steroid dienone is 2. The summed E-state index contributed by atoms with van der Waals surface area (Å²) in [5, 5.41) is 49.8. The minimum atomic E-state index is -5.10. The number of hydrogen-bond acceptors (Lipinski definition) is 12. The fourth-order valence-electron chi connectivity index (χ4n) is 5.70. The number of aliphatic hydroxyl groups excluding tert-OH is 5. The molecule has 0 heterocycles. The molecule has 1 aliphatic rings. The van der Waals surface area contributed by atoms with Crippen molar-refractivity contribution < 1.29 is 63.1 Å². The maximum atomic E-state index is 12.7. The lowest BCUT2D eigenvalue weighted by molar-refractivity contribution is -0.220. The van der Waals surface area contributed by atoms with E-state index in [0.29, 0.717) is 12.8 Å². The van der Waals surface area contributed by atoms with Gasteiger partial charge in [-0.05, 0) is 32.1 Å². The third-order valence-electron chi connectivity index (χ3n) is 8.84. The maximum Gasteiger partial charge on any atom is 0.472 e. The fraction of sp³-hybridized carbons (Fsp3) is 0.889. The van der Waals surface area contributed by atoms with Crippen LogP contribution in [0.4, 0.5) is 0 Å². The molecule has 0 aromatic rings. The molecule has 0 spiro atoms. The number of rotatable bonds is 30. The molecule has 14 heteroatoms. The Morgan fingerprint density at radius 2 is 1.06 bits per heavy atom. The van der Waals surface area contributed by atoms with E-state index in [1.54, 1.807) is 0 Å². The van der Waals surface area contributed by atoms with Gasteiger partial charge in [0.25, 0.3) is 0 Å². The summed E-state index contributed by atoms with van der Waals surface area (Å²) in [4.78, 5) is 35.3. The van der Waals surface area contributed by atoms with Gasteiger partial charge in [0.05, 0.1) is 6.61 Å². The second-order valence-corrected chi connectivity index (χ2v) is 14.8. The Bertz CT molecular complexity index is 948. The van der Waals surface area contributed by atoms with Gasteiger partial charge in [-0.1, -0.05) is 116 Å². The summed E-state index contributed by atoms with van der Waals surface area (Å²) in [5.41, 5.74) is 0. The number of carbonyl (C=O) groups is 2. The lowest BCUT2D eigenvalue weighted by Crippen LogP contribution is -2.64. The molecule has 6 atom stereocenters. The van der Waals surface area contributed by atoms with Crippen LogP contribution in [0.5, 0.6) is 0 Å². The molecule has 0 saturated heterocycles. The highest BCUT2D eigenvalue weighted by Crippen LogP contribution is 2.47. The number of esters is 2. The van der Waals surface area contributed by atoms with Crippen molar-refractivity contribution in [2.75, 3.05) is 13.2 Å². The van der Waals surface area contributed by atoms with Crippen molar-refractivity contribution in [1.29, 1.82) is 0 Å². The minimum absolute atomic E-state index is 0.0887. The predicted molar refractivity (Wildman–Crippen MR) is 189 cm³/mol. The second-order valence-electron chi connectivity index (χ2n) is 13.4. The van der Waals surface area contributed by atoms with Gasteiger partial charge in [-0.15, -0.1) is 0 Å². The van der Waals surface area contributed by atoms with E-state index in [1.165, 1.54) is 44.9 Å². The first kappa shape index (κ1) is 46.6. The van der Waals surface area contributed by atoms with Crippen LogP contribution in [-0.2, 0) is 32.7 Å². The first-order valence-corrected chi connectivity index (χ1v) is 20.5. The number of aliphatic hydroxyl groups is 5. The number of unbranched alkanes of at least 4 members (excludes halogenated alkanes) is 16. The Morgan fingerprint density at radius 1 is 0.600 bits per heavy atom. The summed E-state index contributed by atoms with van der Waals surface area (Å²) in [5.74, 6) is -1.11. The number of ether oxygens (including phenoxy) is 2. The average molecular weight is 739 g/mol. The van der Waals surface area contributed by atoms with Crippen molar-refractivity contribution in [2.45, 2.75) is 191 Å². The highest BCUT2D eigenvalue weighted by atomic mass is 31.2. The molecule has 6 N–H and O–H groups in total. The summed E-state index contributed by atoms with van der Waals surface area (Å²) < 4.78 is 33.2. The topological polar surface area (TPSA) is 210 Å². The Balaban J connectivity index is 2.56. The van der Waals surface area contributed by atoms with E-state index in [-0.39, 0.29) is 12.8 Å². The summed E-state index contributed by atoms with van der Waals surface area (Å²) >= 11 is 0. The summed E-state index contributed by atoms with van der Waals surface area (Å²) in [7, 11) is -5.10. The molecule has 6 unspecified atom stereocenters. The highest BCUT2D eigenvalue weighted by molar-refractivity contribution is 7.47. The zero-order valence-electron chi connectivity index (χ0n) is 30.4. The van der Waals surface area contributed by atoms with Crippen molar-refractivity contribution in [3.8, 4) is 0 Å². The summed E-state index contributed by atoms with van der Waals surface area (Å²) in [6, 6.07) is 0. The molecule has 0 radical (unpaired) electrons. The highest BCUT2D eigenvalue weighted by Gasteiger charge is 2.51. The van der Waals surface area contributed by atoms with Gasteiger partial charge in [0.15, 0.2) is 6.10 Å². The van der Waals surface area contributed by atoms with Gasteiger partial charge >= 0.3 is 19.8 Å². The van der Waals surface area contributed by atoms with E-state index in [4.69, 9.17) is 18.5 Å². The van der Waals surface area contributed by atoms with Crippen LogP contribution < -0.4 is 0 Å². The van der Waals surface area contributed by atoms with Crippen LogP contribution in [0.2, 0.25) is 0 Å². The first-order chi connectivity index (χ1) is 23.9. The smallest absolute Gasteiger partial charge is 0.462 e. The molecule has 1 saturated carbocycles. The van der Waals surface area contributed by atoms with Crippen LogP contribution in [0.3, 0.4) is 0 Å². The molecule has 1 rings (SSSR count). The third-order valence-corrected chi connectivity index (χ3v) is 9.82. The van der Waals surface area contributed by atoms with Crippen LogP contribution >= 0.6 is 7.82 Å². The molecule has 1 aliphatic carbocycles. The lowest BCUT2D eigenvalue weighted by atomic mass is 9.85. The molecular formula is C36H67O13P. The van der Waals surface area contributed by atoms with Gasteiger partial charge in [0.1, 0.15) is 43.2 Å². The molecule has 294 valence electrons. The molecule has 0 aliphatic heterocycles. The lowest BCUT2D eigenvalue weighted by Gasteiger charge is -2.41. The van der Waals surface area contributed by atoms with E-state index in [1.807, 2.05) is 0 Å². The SMILES string of the molecule is CCC/C=C\CCCCCCCC(=O)OC(COC(=O)CCCCCCCCCCCCC)COP(=O)(O)OC1C(O)C(O)C(O)C(O)C1O. The standard InChI is InChI=1S/C36H67O13P/c1-3-5-7-9-11-13-15-17-18-20-22-24-29(37)46-26-28(48-30(38)25-23-21-19-16-14-12-10-8-6-4-2)27-47-50(44,45)49-36-34(42)32(40)31(39)33(41)35(36)43/h8,10,28,31-36,39-43H,3-7,9,11-27H2,1-2H3,(H,44,45)/b10-8-. The predicted octanol–water partition coefficient (Wildman–Crippen LogP) is 5.55. The van der Waals surface area contributed by atoms with Gasteiger partial charge in [-0.2, -0.15) is 0 Å². The van der Waals surface area contributed by atoms with Gasteiger partial charge in [0.2, 0.25) is 0 Å². The van der Waals surface area contributed by atoms with E-state index in [0.717, 1.165) is 64.2 Å². The van der Waals surface area contributed by atoms with Crippen LogP contribution in [0, 0.1) is 0 Å². The molecule has 50 heavy (non-hydrogen) atoms. The third kappa shape index (κ3) is 21.2. The van der Waals surface area contributed by atoms with Gasteiger partial charge in [0, 0.05) is 12.8 Å². The number of hydrogen-bond donors (Lipinski definition) is 6. The van der Waals surface area contributed by atoms with Crippen LogP contribution in [0.25, 0.3) is 0 Å². The number of phosphoric acid groups is 1. The Kier molecular flexibility index (Phi) is 26.2. The fourth-order valence-corrected chi connectivity index (χ4v) is 6.67. The normalized spacial score (nSPS) is 24.2. The largest absolute Gasteiger partial charge is 0.472 e. The number of phosphoric ester groups is 1.